The largest absolute Gasteiger partial charge is 0.463 e. The Morgan fingerprint density at radius 1 is 0.951 bits per heavy atom. The van der Waals surface area contributed by atoms with Crippen molar-refractivity contribution < 1.29 is 13.7 Å². The maximum atomic E-state index is 13.3. The number of benzene rings is 3. The Kier molecular flexibility index (Phi) is 7.89. The van der Waals surface area contributed by atoms with Crippen molar-refractivity contribution in [1.29, 1.82) is 0 Å². The molecule has 212 valence electrons. The van der Waals surface area contributed by atoms with Crippen LogP contribution >= 0.6 is 12.4 Å². The summed E-state index contributed by atoms with van der Waals surface area (Å²) in [5.41, 5.74) is 7.22. The molecule has 1 amide bonds. The first kappa shape index (κ1) is 28.4. The van der Waals surface area contributed by atoms with Crippen molar-refractivity contribution >= 4 is 40.7 Å². The molecule has 8 nitrogen and oxygen atoms in total. The van der Waals surface area contributed by atoms with Gasteiger partial charge >= 0.3 is 0 Å². The average molecular weight is 572 g/mol. The van der Waals surface area contributed by atoms with E-state index in [1.165, 1.54) is 0 Å². The number of rotatable bonds is 5. The minimum atomic E-state index is -0.195. The lowest BCUT2D eigenvalue weighted by Crippen LogP contribution is -2.55. The number of carbonyl (C=O) groups excluding carboxylic acids is 1. The van der Waals surface area contributed by atoms with Gasteiger partial charge in [-0.25, -0.2) is 0 Å². The molecule has 1 saturated heterocycles. The summed E-state index contributed by atoms with van der Waals surface area (Å²) in [6.07, 6.45) is 1.55. The zero-order valence-corrected chi connectivity index (χ0v) is 24.7. The molecule has 1 aliphatic heterocycles. The highest BCUT2D eigenvalue weighted by Crippen LogP contribution is 2.31. The number of nitrogens with zero attached hydrogens (tertiary/aromatic N) is 4. The molecule has 0 bridgehead atoms. The quantitative estimate of drug-likeness (QED) is 0.244. The second kappa shape index (κ2) is 11.4. The van der Waals surface area contributed by atoms with Gasteiger partial charge in [0.15, 0.2) is 0 Å². The van der Waals surface area contributed by atoms with E-state index < -0.39 is 0 Å². The molecule has 41 heavy (non-hydrogen) atoms. The number of piperazine rings is 1. The third-order valence-electron chi connectivity index (χ3n) is 7.99. The van der Waals surface area contributed by atoms with Crippen molar-refractivity contribution in [2.75, 3.05) is 30.4 Å². The molecule has 3 heterocycles. The highest BCUT2D eigenvalue weighted by molar-refractivity contribution is 6.12. The minimum absolute atomic E-state index is 0. The van der Waals surface area contributed by atoms with Gasteiger partial charge in [-0.05, 0) is 80.9 Å². The van der Waals surface area contributed by atoms with Crippen molar-refractivity contribution in [3.05, 3.63) is 83.9 Å². The highest BCUT2D eigenvalue weighted by Gasteiger charge is 2.27. The fourth-order valence-corrected chi connectivity index (χ4v) is 5.48. The van der Waals surface area contributed by atoms with Gasteiger partial charge in [0.05, 0.1) is 5.56 Å². The number of likely N-dealkylation sites (N-methyl/N-ethyl adjacent to an activating group) is 1. The molecule has 1 aliphatic rings. The Balaban J connectivity index is 0.00000337. The van der Waals surface area contributed by atoms with E-state index in [2.05, 4.69) is 77.3 Å². The number of furan rings is 1. The topological polar surface area (TPSA) is 87.6 Å². The number of amides is 1. The fraction of sp³-hybridized carbons (Fsp3) is 0.281. The van der Waals surface area contributed by atoms with Crippen LogP contribution in [0.3, 0.4) is 0 Å². The summed E-state index contributed by atoms with van der Waals surface area (Å²) < 4.78 is 10.8. The number of fused-ring (bicyclic) bond motifs is 1. The van der Waals surface area contributed by atoms with Crippen LogP contribution in [0.15, 0.2) is 75.9 Å². The summed E-state index contributed by atoms with van der Waals surface area (Å²) in [5, 5.41) is 7.86. The number of hydrogen-bond donors (Lipinski definition) is 1. The van der Waals surface area contributed by atoms with E-state index in [1.54, 1.807) is 13.2 Å². The van der Waals surface area contributed by atoms with E-state index in [9.17, 15) is 4.79 Å². The predicted molar refractivity (Wildman–Crippen MR) is 165 cm³/mol. The molecule has 0 spiro atoms. The molecular weight excluding hydrogens is 538 g/mol. The Labute approximate surface area is 245 Å². The number of nitrogens with one attached hydrogen (secondary N) is 1. The van der Waals surface area contributed by atoms with Crippen molar-refractivity contribution in [2.45, 2.75) is 39.8 Å². The summed E-state index contributed by atoms with van der Waals surface area (Å²) in [4.78, 5) is 22.4. The average Bonchev–Trinajstić information content (AvgIpc) is 3.58. The van der Waals surface area contributed by atoms with Crippen LogP contribution in [0.1, 0.15) is 35.7 Å². The van der Waals surface area contributed by atoms with Gasteiger partial charge in [-0.3, -0.25) is 9.69 Å². The van der Waals surface area contributed by atoms with Gasteiger partial charge in [0.2, 0.25) is 11.7 Å². The predicted octanol–water partition coefficient (Wildman–Crippen LogP) is 6.97. The van der Waals surface area contributed by atoms with Crippen LogP contribution in [-0.2, 0) is 0 Å². The number of anilines is 2. The van der Waals surface area contributed by atoms with Gasteiger partial charge in [0.1, 0.15) is 11.8 Å². The number of hydrogen-bond acceptors (Lipinski definition) is 7. The van der Waals surface area contributed by atoms with Crippen LogP contribution in [-0.4, -0.2) is 53.2 Å². The van der Waals surface area contributed by atoms with Crippen molar-refractivity contribution in [1.82, 2.24) is 15.0 Å². The number of aryl methyl sites for hydroxylation is 2. The van der Waals surface area contributed by atoms with E-state index in [-0.39, 0.29) is 18.3 Å². The SMILES string of the molecule is Cc1nc(-c2ccc(-c3ccc(NC(=O)c4coc5ccc(N6C[C@@H](C)N(C)[C@@H](C)C6)cc45)cc3)c(C)c2)no1.Cl. The first-order valence-corrected chi connectivity index (χ1v) is 13.6. The second-order valence-corrected chi connectivity index (χ2v) is 10.8. The van der Waals surface area contributed by atoms with Crippen molar-refractivity contribution in [2.24, 2.45) is 0 Å². The molecule has 2 aromatic heterocycles. The lowest BCUT2D eigenvalue weighted by Gasteiger charge is -2.43. The van der Waals surface area contributed by atoms with E-state index in [1.807, 2.05) is 36.4 Å². The zero-order chi connectivity index (χ0) is 28.0. The highest BCUT2D eigenvalue weighted by atomic mass is 35.5. The van der Waals surface area contributed by atoms with Crippen LogP contribution < -0.4 is 10.2 Å². The Morgan fingerprint density at radius 3 is 2.32 bits per heavy atom. The molecule has 9 heteroatoms. The molecule has 0 saturated carbocycles. The Morgan fingerprint density at radius 2 is 1.66 bits per heavy atom. The van der Waals surface area contributed by atoms with E-state index in [0.29, 0.717) is 34.9 Å². The molecule has 0 aliphatic carbocycles. The lowest BCUT2D eigenvalue weighted by molar-refractivity contribution is 0.102. The van der Waals surface area contributed by atoms with Gasteiger partial charge in [0, 0.05) is 54.4 Å². The zero-order valence-electron chi connectivity index (χ0n) is 23.8. The van der Waals surface area contributed by atoms with Crippen LogP contribution in [0.5, 0.6) is 0 Å². The summed E-state index contributed by atoms with van der Waals surface area (Å²) >= 11 is 0. The standard InChI is InChI=1S/C32H33N5O3.ClH/c1-19-14-24(31-33-22(4)40-35-31)8-12-27(19)23-6-9-25(10-7-23)34-32(38)29-18-39-30-13-11-26(15-28(29)30)37-16-20(2)36(5)21(3)17-37;/h6-15,18,20-21H,16-17H2,1-5H3,(H,34,38);1H/t20-,21+;. The molecule has 1 N–H and O–H groups in total. The molecule has 5 aromatic rings. The number of halogens is 1. The number of carbonyl (C=O) groups is 1. The van der Waals surface area contributed by atoms with E-state index >= 15 is 0 Å². The first-order chi connectivity index (χ1) is 19.3. The van der Waals surface area contributed by atoms with Crippen LogP contribution in [0, 0.1) is 13.8 Å². The van der Waals surface area contributed by atoms with E-state index in [0.717, 1.165) is 52.1 Å². The molecule has 2 atom stereocenters. The summed E-state index contributed by atoms with van der Waals surface area (Å²) in [6, 6.07) is 21.0. The summed E-state index contributed by atoms with van der Waals surface area (Å²) in [5.74, 6) is 0.925. The first-order valence-electron chi connectivity index (χ1n) is 13.6. The number of aromatic nitrogens is 2. The monoisotopic (exact) mass is 571 g/mol. The van der Waals surface area contributed by atoms with Crippen LogP contribution in [0.4, 0.5) is 11.4 Å². The minimum Gasteiger partial charge on any atom is -0.463 e. The van der Waals surface area contributed by atoms with Gasteiger partial charge in [0.25, 0.3) is 5.91 Å². The summed E-state index contributed by atoms with van der Waals surface area (Å²) in [6.45, 7) is 10.2. The van der Waals surface area contributed by atoms with Gasteiger partial charge in [-0.2, -0.15) is 4.98 Å². The fourth-order valence-electron chi connectivity index (χ4n) is 5.48. The second-order valence-electron chi connectivity index (χ2n) is 10.8. The van der Waals surface area contributed by atoms with Gasteiger partial charge in [-0.15, -0.1) is 12.4 Å². The van der Waals surface area contributed by atoms with E-state index in [4.69, 9.17) is 8.94 Å². The van der Waals surface area contributed by atoms with Crippen molar-refractivity contribution in [3.8, 4) is 22.5 Å². The Hall–Kier alpha value is -4.14. The van der Waals surface area contributed by atoms with Gasteiger partial charge < -0.3 is 19.2 Å². The summed E-state index contributed by atoms with van der Waals surface area (Å²) in [7, 11) is 2.18. The molecule has 1 fully saturated rings. The lowest BCUT2D eigenvalue weighted by atomic mass is 9.98. The van der Waals surface area contributed by atoms with Crippen LogP contribution in [0.2, 0.25) is 0 Å². The van der Waals surface area contributed by atoms with Crippen molar-refractivity contribution in [3.63, 3.8) is 0 Å². The molecule has 0 radical (unpaired) electrons. The van der Waals surface area contributed by atoms with Gasteiger partial charge in [-0.1, -0.05) is 29.4 Å². The third-order valence-corrected chi connectivity index (χ3v) is 7.99. The third kappa shape index (κ3) is 5.58. The molecule has 0 unspecified atom stereocenters. The molecular formula is C32H34ClN5O3. The maximum absolute atomic E-state index is 13.3. The maximum Gasteiger partial charge on any atom is 0.259 e. The molecule has 6 rings (SSSR count). The van der Waals surface area contributed by atoms with Crippen LogP contribution in [0.25, 0.3) is 33.5 Å². The molecule has 3 aromatic carbocycles. The Bertz CT molecular complexity index is 1680. The normalized spacial score (nSPS) is 17.4. The smallest absolute Gasteiger partial charge is 0.259 e.